The van der Waals surface area contributed by atoms with E-state index in [1.165, 1.54) is 5.57 Å². The molecule has 0 N–H and O–H groups in total. The highest BCUT2D eigenvalue weighted by molar-refractivity contribution is 6.14. The molecule has 0 amide bonds. The molecule has 0 saturated carbocycles. The zero-order chi connectivity index (χ0) is 7.56. The van der Waals surface area contributed by atoms with Gasteiger partial charge in [0, 0.05) is 7.05 Å². The van der Waals surface area contributed by atoms with E-state index in [-0.39, 0.29) is 0 Å². The Morgan fingerprint density at radius 2 is 2.20 bits per heavy atom. The van der Waals surface area contributed by atoms with Crippen molar-refractivity contribution in [2.45, 2.75) is 6.92 Å². The van der Waals surface area contributed by atoms with Crippen LogP contribution in [0, 0.1) is 0 Å². The number of rotatable bonds is 0. The molecule has 0 spiro atoms. The van der Waals surface area contributed by atoms with Crippen molar-refractivity contribution in [3.8, 4) is 0 Å². The molecule has 0 radical (unpaired) electrons. The third-order valence-corrected chi connectivity index (χ3v) is 1.54. The highest BCUT2D eigenvalue weighted by Gasteiger charge is 2.05. The standard InChI is InChI=1S/C9H11N/c1-7-5-4-6-8(2)9(7)10-3/h4-6H,1H2,2-3H3/b10-9+. The normalized spacial score (nSPS) is 21.6. The van der Waals surface area contributed by atoms with Gasteiger partial charge in [0.05, 0.1) is 5.71 Å². The molecule has 0 aromatic rings. The molecule has 0 aliphatic heterocycles. The number of aliphatic imine (C=N–C) groups is 1. The molecule has 10 heavy (non-hydrogen) atoms. The highest BCUT2D eigenvalue weighted by atomic mass is 14.7. The number of hydrogen-bond acceptors (Lipinski definition) is 1. The molecule has 1 rings (SSSR count). The van der Waals surface area contributed by atoms with Crippen molar-refractivity contribution in [3.05, 3.63) is 36.0 Å². The van der Waals surface area contributed by atoms with Gasteiger partial charge in [-0.15, -0.1) is 0 Å². The summed E-state index contributed by atoms with van der Waals surface area (Å²) in [6, 6.07) is 0. The van der Waals surface area contributed by atoms with Crippen LogP contribution < -0.4 is 0 Å². The summed E-state index contributed by atoms with van der Waals surface area (Å²) in [5.74, 6) is 0. The minimum Gasteiger partial charge on any atom is -0.288 e. The molecule has 1 nitrogen and oxygen atoms in total. The molecule has 0 unspecified atom stereocenters. The number of allylic oxidation sites excluding steroid dienone is 5. The van der Waals surface area contributed by atoms with E-state index in [9.17, 15) is 0 Å². The Labute approximate surface area is 61.5 Å². The Morgan fingerprint density at radius 3 is 2.60 bits per heavy atom. The fraction of sp³-hybridized carbons (Fsp3) is 0.222. The summed E-state index contributed by atoms with van der Waals surface area (Å²) in [7, 11) is 1.79. The first kappa shape index (κ1) is 7.00. The zero-order valence-electron chi connectivity index (χ0n) is 6.39. The van der Waals surface area contributed by atoms with Crippen molar-refractivity contribution in [1.82, 2.24) is 0 Å². The van der Waals surface area contributed by atoms with Crippen LogP contribution in [-0.2, 0) is 0 Å². The number of hydrogen-bond donors (Lipinski definition) is 0. The van der Waals surface area contributed by atoms with Gasteiger partial charge in [-0.3, -0.25) is 4.99 Å². The topological polar surface area (TPSA) is 12.4 Å². The predicted molar refractivity (Wildman–Crippen MR) is 45.4 cm³/mol. The first-order valence-corrected chi connectivity index (χ1v) is 3.27. The fourth-order valence-corrected chi connectivity index (χ4v) is 1.04. The van der Waals surface area contributed by atoms with Crippen LogP contribution in [0.25, 0.3) is 0 Å². The summed E-state index contributed by atoms with van der Waals surface area (Å²) in [5, 5.41) is 0. The molecule has 1 heteroatoms. The quantitative estimate of drug-likeness (QED) is 0.480. The minimum absolute atomic E-state index is 1.00. The summed E-state index contributed by atoms with van der Waals surface area (Å²) in [5.41, 5.74) is 3.21. The zero-order valence-corrected chi connectivity index (χ0v) is 6.39. The second-order valence-corrected chi connectivity index (χ2v) is 2.31. The third kappa shape index (κ3) is 1.08. The first-order valence-electron chi connectivity index (χ1n) is 3.27. The second kappa shape index (κ2) is 2.65. The van der Waals surface area contributed by atoms with Gasteiger partial charge in [0.15, 0.2) is 0 Å². The Kier molecular flexibility index (Phi) is 1.86. The lowest BCUT2D eigenvalue weighted by molar-refractivity contribution is 1.39. The lowest BCUT2D eigenvalue weighted by atomic mass is 10.0. The van der Waals surface area contributed by atoms with Crippen molar-refractivity contribution >= 4 is 5.71 Å². The third-order valence-electron chi connectivity index (χ3n) is 1.54. The van der Waals surface area contributed by atoms with Crippen LogP contribution in [0.2, 0.25) is 0 Å². The number of nitrogens with zero attached hydrogens (tertiary/aromatic N) is 1. The summed E-state index contributed by atoms with van der Waals surface area (Å²) in [4.78, 5) is 4.11. The smallest absolute Gasteiger partial charge is 0.0666 e. The van der Waals surface area contributed by atoms with E-state index >= 15 is 0 Å². The van der Waals surface area contributed by atoms with Gasteiger partial charge in [0.1, 0.15) is 0 Å². The maximum atomic E-state index is 4.11. The van der Waals surface area contributed by atoms with E-state index in [1.807, 2.05) is 25.2 Å². The maximum absolute atomic E-state index is 4.11. The molecular weight excluding hydrogens is 122 g/mol. The fourth-order valence-electron chi connectivity index (χ4n) is 1.04. The van der Waals surface area contributed by atoms with E-state index in [0.29, 0.717) is 0 Å². The monoisotopic (exact) mass is 133 g/mol. The molecule has 0 aromatic heterocycles. The Bertz CT molecular complexity index is 241. The maximum Gasteiger partial charge on any atom is 0.0666 e. The second-order valence-electron chi connectivity index (χ2n) is 2.31. The molecule has 0 bridgehead atoms. The van der Waals surface area contributed by atoms with Gasteiger partial charge in [-0.2, -0.15) is 0 Å². The summed E-state index contributed by atoms with van der Waals surface area (Å²) >= 11 is 0. The van der Waals surface area contributed by atoms with Crippen molar-refractivity contribution in [2.24, 2.45) is 4.99 Å². The largest absolute Gasteiger partial charge is 0.288 e. The van der Waals surface area contributed by atoms with Crippen molar-refractivity contribution in [3.63, 3.8) is 0 Å². The Morgan fingerprint density at radius 1 is 1.50 bits per heavy atom. The molecule has 0 aromatic carbocycles. The lowest BCUT2D eigenvalue weighted by Crippen LogP contribution is -2.04. The van der Waals surface area contributed by atoms with Crippen molar-refractivity contribution in [1.29, 1.82) is 0 Å². The van der Waals surface area contributed by atoms with Crippen LogP contribution in [0.4, 0.5) is 0 Å². The minimum atomic E-state index is 1.00. The molecular formula is C9H11N. The van der Waals surface area contributed by atoms with Gasteiger partial charge in [0.2, 0.25) is 0 Å². The average molecular weight is 133 g/mol. The molecule has 52 valence electrons. The molecule has 0 heterocycles. The molecule has 0 atom stereocenters. The molecule has 0 saturated heterocycles. The van der Waals surface area contributed by atoms with Crippen LogP contribution in [0.3, 0.4) is 0 Å². The highest BCUT2D eigenvalue weighted by Crippen LogP contribution is 2.12. The van der Waals surface area contributed by atoms with Crippen LogP contribution in [0.15, 0.2) is 40.9 Å². The van der Waals surface area contributed by atoms with Gasteiger partial charge < -0.3 is 0 Å². The molecule has 1 aliphatic carbocycles. The van der Waals surface area contributed by atoms with Gasteiger partial charge in [0.25, 0.3) is 0 Å². The summed E-state index contributed by atoms with van der Waals surface area (Å²) in [6.07, 6.45) is 6.00. The van der Waals surface area contributed by atoms with Gasteiger partial charge in [-0.05, 0) is 18.1 Å². The SMILES string of the molecule is C=C1C=CC=C(C)/C1=N/C. The predicted octanol–water partition coefficient (Wildman–Crippen LogP) is 2.13. The van der Waals surface area contributed by atoms with E-state index in [0.717, 1.165) is 11.3 Å². The molecule has 0 fully saturated rings. The van der Waals surface area contributed by atoms with Gasteiger partial charge in [-0.1, -0.05) is 24.8 Å². The summed E-state index contributed by atoms with van der Waals surface area (Å²) < 4.78 is 0. The van der Waals surface area contributed by atoms with E-state index in [4.69, 9.17) is 0 Å². The van der Waals surface area contributed by atoms with Crippen LogP contribution >= 0.6 is 0 Å². The first-order chi connectivity index (χ1) is 4.75. The Balaban J connectivity index is 3.04. The van der Waals surface area contributed by atoms with Gasteiger partial charge in [-0.25, -0.2) is 0 Å². The average Bonchev–Trinajstić information content (AvgIpc) is 1.88. The van der Waals surface area contributed by atoms with Gasteiger partial charge >= 0.3 is 0 Å². The molecule has 1 aliphatic rings. The van der Waals surface area contributed by atoms with E-state index in [2.05, 4.69) is 11.6 Å². The van der Waals surface area contributed by atoms with Crippen molar-refractivity contribution in [2.75, 3.05) is 7.05 Å². The Hall–Kier alpha value is -1.11. The van der Waals surface area contributed by atoms with Crippen molar-refractivity contribution < 1.29 is 0 Å². The van der Waals surface area contributed by atoms with Crippen LogP contribution in [-0.4, -0.2) is 12.8 Å². The van der Waals surface area contributed by atoms with E-state index in [1.54, 1.807) is 7.05 Å². The van der Waals surface area contributed by atoms with Crippen LogP contribution in [0.5, 0.6) is 0 Å². The summed E-state index contributed by atoms with van der Waals surface area (Å²) in [6.45, 7) is 5.90. The lowest BCUT2D eigenvalue weighted by Gasteiger charge is -2.08. The van der Waals surface area contributed by atoms with E-state index < -0.39 is 0 Å². The van der Waals surface area contributed by atoms with Crippen LogP contribution in [0.1, 0.15) is 6.92 Å².